The maximum absolute atomic E-state index is 12.4. The zero-order valence-corrected chi connectivity index (χ0v) is 16.7. The normalized spacial score (nSPS) is 15.5. The van der Waals surface area contributed by atoms with E-state index < -0.39 is 12.0 Å². The van der Waals surface area contributed by atoms with E-state index in [0.29, 0.717) is 34.6 Å². The Labute approximate surface area is 172 Å². The standard InChI is InChI=1S/C21H19ClN4O3/c1-13-18(20(27)28-2)19(26-21(25-13)23-12-24-26)14-7-9-16(10-8-14)29-11-15-5-3-4-6-17(15)22/h3-10,12,19H,11H2,1-2H3,(H,23,24,25). The van der Waals surface area contributed by atoms with Crippen LogP contribution in [0.5, 0.6) is 5.75 Å². The van der Waals surface area contributed by atoms with Gasteiger partial charge < -0.3 is 14.8 Å². The smallest absolute Gasteiger partial charge is 0.338 e. The molecule has 1 aliphatic rings. The molecule has 1 aromatic heterocycles. The molecule has 0 bridgehead atoms. The van der Waals surface area contributed by atoms with Crippen LogP contribution in [0.1, 0.15) is 24.1 Å². The molecule has 1 aliphatic heterocycles. The summed E-state index contributed by atoms with van der Waals surface area (Å²) in [4.78, 5) is 16.6. The molecule has 4 rings (SSSR count). The molecule has 0 spiro atoms. The number of methoxy groups -OCH3 is 1. The molecule has 1 unspecified atom stereocenters. The fourth-order valence-corrected chi connectivity index (χ4v) is 3.49. The Hall–Kier alpha value is -3.32. The van der Waals surface area contributed by atoms with Gasteiger partial charge in [0.15, 0.2) is 0 Å². The number of rotatable bonds is 5. The van der Waals surface area contributed by atoms with E-state index in [2.05, 4.69) is 15.4 Å². The summed E-state index contributed by atoms with van der Waals surface area (Å²) in [5.41, 5.74) is 2.94. The molecular weight excluding hydrogens is 392 g/mol. The highest BCUT2D eigenvalue weighted by Crippen LogP contribution is 2.35. The molecule has 29 heavy (non-hydrogen) atoms. The molecule has 2 heterocycles. The highest BCUT2D eigenvalue weighted by atomic mass is 35.5. The Morgan fingerprint density at radius 1 is 1.21 bits per heavy atom. The summed E-state index contributed by atoms with van der Waals surface area (Å²) in [6, 6.07) is 14.6. The quantitative estimate of drug-likeness (QED) is 0.641. The van der Waals surface area contributed by atoms with E-state index in [1.165, 1.54) is 13.4 Å². The number of halogens is 1. The van der Waals surface area contributed by atoms with Crippen molar-refractivity contribution in [3.05, 3.63) is 82.3 Å². The van der Waals surface area contributed by atoms with Crippen molar-refractivity contribution >= 4 is 23.5 Å². The van der Waals surface area contributed by atoms with Crippen LogP contribution >= 0.6 is 11.6 Å². The number of benzene rings is 2. The average molecular weight is 411 g/mol. The van der Waals surface area contributed by atoms with Crippen molar-refractivity contribution < 1.29 is 14.3 Å². The van der Waals surface area contributed by atoms with Gasteiger partial charge in [0.1, 0.15) is 24.7 Å². The van der Waals surface area contributed by atoms with Gasteiger partial charge in [-0.25, -0.2) is 9.48 Å². The van der Waals surface area contributed by atoms with Crippen molar-refractivity contribution in [2.45, 2.75) is 19.6 Å². The Morgan fingerprint density at radius 2 is 1.97 bits per heavy atom. The molecule has 7 nitrogen and oxygen atoms in total. The molecule has 1 N–H and O–H groups in total. The van der Waals surface area contributed by atoms with Gasteiger partial charge in [-0.15, -0.1) is 0 Å². The molecular formula is C21H19ClN4O3. The average Bonchev–Trinajstić information content (AvgIpc) is 3.20. The van der Waals surface area contributed by atoms with Gasteiger partial charge in [0.2, 0.25) is 5.95 Å². The predicted molar refractivity (Wildman–Crippen MR) is 109 cm³/mol. The van der Waals surface area contributed by atoms with Crippen LogP contribution in [0, 0.1) is 0 Å². The van der Waals surface area contributed by atoms with Crippen molar-refractivity contribution in [3.63, 3.8) is 0 Å². The number of carbonyl (C=O) groups excluding carboxylic acids is 1. The van der Waals surface area contributed by atoms with E-state index in [1.54, 1.807) is 4.68 Å². The summed E-state index contributed by atoms with van der Waals surface area (Å²) in [5.74, 6) is 0.848. The summed E-state index contributed by atoms with van der Waals surface area (Å²) < 4.78 is 12.5. The second-order valence-electron chi connectivity index (χ2n) is 6.54. The van der Waals surface area contributed by atoms with E-state index in [1.807, 2.05) is 55.5 Å². The first kappa shape index (κ1) is 19.0. The van der Waals surface area contributed by atoms with Crippen LogP contribution in [-0.4, -0.2) is 27.8 Å². The van der Waals surface area contributed by atoms with Gasteiger partial charge in [-0.3, -0.25) is 0 Å². The number of anilines is 1. The molecule has 0 saturated carbocycles. The first-order valence-corrected chi connectivity index (χ1v) is 9.38. The maximum Gasteiger partial charge on any atom is 0.338 e. The van der Waals surface area contributed by atoms with Crippen LogP contribution in [0.25, 0.3) is 0 Å². The summed E-state index contributed by atoms with van der Waals surface area (Å²) in [7, 11) is 1.36. The number of ether oxygens (including phenoxy) is 2. The second kappa shape index (κ2) is 7.97. The minimum absolute atomic E-state index is 0.367. The van der Waals surface area contributed by atoms with Crippen LogP contribution < -0.4 is 10.1 Å². The number of hydrogen-bond acceptors (Lipinski definition) is 6. The van der Waals surface area contributed by atoms with E-state index in [4.69, 9.17) is 21.1 Å². The topological polar surface area (TPSA) is 78.3 Å². The van der Waals surface area contributed by atoms with E-state index in [0.717, 1.165) is 11.1 Å². The minimum atomic E-state index is -0.446. The largest absolute Gasteiger partial charge is 0.489 e. The summed E-state index contributed by atoms with van der Waals surface area (Å²) in [6.07, 6.45) is 1.45. The molecule has 1 atom stereocenters. The number of carbonyl (C=O) groups is 1. The Kier molecular flexibility index (Phi) is 5.22. The van der Waals surface area contributed by atoms with E-state index in [9.17, 15) is 4.79 Å². The number of nitrogens with zero attached hydrogens (tertiary/aromatic N) is 3. The first-order valence-electron chi connectivity index (χ1n) is 9.00. The van der Waals surface area contributed by atoms with Crippen molar-refractivity contribution in [1.29, 1.82) is 0 Å². The van der Waals surface area contributed by atoms with Crippen molar-refractivity contribution in [2.75, 3.05) is 12.4 Å². The molecule has 0 saturated heterocycles. The van der Waals surface area contributed by atoms with E-state index >= 15 is 0 Å². The monoisotopic (exact) mass is 410 g/mol. The van der Waals surface area contributed by atoms with Gasteiger partial charge in [0.05, 0.1) is 12.7 Å². The Morgan fingerprint density at radius 3 is 2.69 bits per heavy atom. The minimum Gasteiger partial charge on any atom is -0.489 e. The van der Waals surface area contributed by atoms with E-state index in [-0.39, 0.29) is 0 Å². The third-order valence-electron chi connectivity index (χ3n) is 4.75. The summed E-state index contributed by atoms with van der Waals surface area (Å²) >= 11 is 6.18. The molecule has 0 amide bonds. The number of aromatic nitrogens is 3. The lowest BCUT2D eigenvalue weighted by atomic mass is 9.96. The first-order chi connectivity index (χ1) is 14.1. The zero-order valence-electron chi connectivity index (χ0n) is 15.9. The van der Waals surface area contributed by atoms with Gasteiger partial charge in [-0.05, 0) is 30.7 Å². The lowest BCUT2D eigenvalue weighted by Crippen LogP contribution is -2.29. The van der Waals surface area contributed by atoms with Crippen LogP contribution in [0.2, 0.25) is 5.02 Å². The zero-order chi connectivity index (χ0) is 20.4. The third-order valence-corrected chi connectivity index (χ3v) is 5.12. The van der Waals surface area contributed by atoms with Crippen molar-refractivity contribution in [3.8, 4) is 5.75 Å². The lowest BCUT2D eigenvalue weighted by molar-refractivity contribution is -0.136. The van der Waals surface area contributed by atoms with Gasteiger partial charge in [0, 0.05) is 16.3 Å². The Bertz CT molecular complexity index is 1080. The van der Waals surface area contributed by atoms with Gasteiger partial charge in [-0.2, -0.15) is 10.1 Å². The second-order valence-corrected chi connectivity index (χ2v) is 6.94. The highest BCUT2D eigenvalue weighted by molar-refractivity contribution is 6.31. The molecule has 0 radical (unpaired) electrons. The number of allylic oxidation sites excluding steroid dienone is 1. The van der Waals surface area contributed by atoms with Crippen LogP contribution in [-0.2, 0) is 16.1 Å². The van der Waals surface area contributed by atoms with Gasteiger partial charge >= 0.3 is 5.97 Å². The number of nitrogens with one attached hydrogen (secondary N) is 1. The molecule has 0 aliphatic carbocycles. The third kappa shape index (κ3) is 3.69. The molecule has 8 heteroatoms. The number of hydrogen-bond donors (Lipinski definition) is 1. The molecule has 2 aromatic carbocycles. The van der Waals surface area contributed by atoms with Crippen molar-refractivity contribution in [2.24, 2.45) is 0 Å². The van der Waals surface area contributed by atoms with Gasteiger partial charge in [0.25, 0.3) is 0 Å². The molecule has 3 aromatic rings. The Balaban J connectivity index is 1.60. The maximum atomic E-state index is 12.4. The number of fused-ring (bicyclic) bond motifs is 1. The fourth-order valence-electron chi connectivity index (χ4n) is 3.30. The lowest BCUT2D eigenvalue weighted by Gasteiger charge is -2.28. The van der Waals surface area contributed by atoms with Crippen LogP contribution in [0.3, 0.4) is 0 Å². The fraction of sp³-hybridized carbons (Fsp3) is 0.190. The molecule has 0 fully saturated rings. The summed E-state index contributed by atoms with van der Waals surface area (Å²) in [5, 5.41) is 8.04. The highest BCUT2D eigenvalue weighted by Gasteiger charge is 2.33. The summed E-state index contributed by atoms with van der Waals surface area (Å²) in [6.45, 7) is 2.19. The predicted octanol–water partition coefficient (Wildman–Crippen LogP) is 3.97. The van der Waals surface area contributed by atoms with Gasteiger partial charge in [-0.1, -0.05) is 41.9 Å². The van der Waals surface area contributed by atoms with Crippen LogP contribution in [0.4, 0.5) is 5.95 Å². The van der Waals surface area contributed by atoms with Crippen molar-refractivity contribution in [1.82, 2.24) is 14.8 Å². The van der Waals surface area contributed by atoms with Crippen LogP contribution in [0.15, 0.2) is 66.1 Å². The SMILES string of the molecule is COC(=O)C1=C(C)Nc2ncnn2C1c1ccc(OCc2ccccc2Cl)cc1. The number of esters is 1. The molecule has 148 valence electrons.